The van der Waals surface area contributed by atoms with E-state index in [1.165, 1.54) is 0 Å². The zero-order valence-electron chi connectivity index (χ0n) is 7.27. The van der Waals surface area contributed by atoms with E-state index < -0.39 is 5.97 Å². The highest BCUT2D eigenvalue weighted by molar-refractivity contribution is 7.13. The van der Waals surface area contributed by atoms with Crippen molar-refractivity contribution in [1.82, 2.24) is 0 Å². The molecule has 0 amide bonds. The van der Waals surface area contributed by atoms with Crippen LogP contribution in [0.15, 0.2) is 34.1 Å². The normalized spacial score (nSPS) is 10.3. The third-order valence-electron chi connectivity index (χ3n) is 1.75. The Kier molecular flexibility index (Phi) is 2.37. The van der Waals surface area contributed by atoms with Crippen molar-refractivity contribution < 1.29 is 14.3 Å². The molecular weight excluding hydrogens is 200 g/mol. The van der Waals surface area contributed by atoms with E-state index in [4.69, 9.17) is 9.52 Å². The molecule has 0 radical (unpaired) electrons. The van der Waals surface area contributed by atoms with Crippen molar-refractivity contribution in [2.24, 2.45) is 0 Å². The summed E-state index contributed by atoms with van der Waals surface area (Å²) in [5.74, 6) is 0.342. The van der Waals surface area contributed by atoms with Gasteiger partial charge < -0.3 is 9.52 Å². The van der Waals surface area contributed by atoms with Gasteiger partial charge in [-0.1, -0.05) is 6.07 Å². The van der Waals surface area contributed by atoms with E-state index in [2.05, 4.69) is 0 Å². The highest BCUT2D eigenvalue weighted by Gasteiger charge is 2.07. The lowest BCUT2D eigenvalue weighted by molar-refractivity contribution is -0.136. The molecule has 0 aliphatic heterocycles. The standard InChI is InChI=1S/C10H8O3S/c11-10(12)6-7-3-4-8(13-7)9-2-1-5-14-9/h1-5H,6H2,(H,11,12). The average Bonchev–Trinajstić information content (AvgIpc) is 2.69. The summed E-state index contributed by atoms with van der Waals surface area (Å²) in [5, 5.41) is 10.5. The summed E-state index contributed by atoms with van der Waals surface area (Å²) in [6.07, 6.45) is -0.0641. The first-order valence-corrected chi connectivity index (χ1v) is 4.98. The van der Waals surface area contributed by atoms with E-state index in [0.29, 0.717) is 5.76 Å². The molecule has 0 aliphatic rings. The van der Waals surface area contributed by atoms with Crippen molar-refractivity contribution in [3.8, 4) is 10.6 Å². The molecule has 14 heavy (non-hydrogen) atoms. The molecule has 2 heterocycles. The monoisotopic (exact) mass is 208 g/mol. The smallest absolute Gasteiger partial charge is 0.311 e. The molecular formula is C10H8O3S. The zero-order chi connectivity index (χ0) is 9.97. The van der Waals surface area contributed by atoms with Gasteiger partial charge in [0.05, 0.1) is 4.88 Å². The van der Waals surface area contributed by atoms with Crippen LogP contribution >= 0.6 is 11.3 Å². The van der Waals surface area contributed by atoms with Gasteiger partial charge in [-0.25, -0.2) is 0 Å². The second-order valence-electron chi connectivity index (χ2n) is 2.81. The number of rotatable bonds is 3. The summed E-state index contributed by atoms with van der Waals surface area (Å²) < 4.78 is 5.37. The Morgan fingerprint density at radius 1 is 1.43 bits per heavy atom. The summed E-state index contributed by atoms with van der Waals surface area (Å²) in [4.78, 5) is 11.4. The van der Waals surface area contributed by atoms with Crippen LogP contribution in [0.2, 0.25) is 0 Å². The fraction of sp³-hybridized carbons (Fsp3) is 0.100. The lowest BCUT2D eigenvalue weighted by atomic mass is 10.3. The Morgan fingerprint density at radius 3 is 2.93 bits per heavy atom. The van der Waals surface area contributed by atoms with Crippen molar-refractivity contribution in [1.29, 1.82) is 0 Å². The number of furan rings is 1. The molecule has 1 N–H and O–H groups in total. The number of hydrogen-bond donors (Lipinski definition) is 1. The molecule has 2 aromatic rings. The van der Waals surface area contributed by atoms with Gasteiger partial charge in [0, 0.05) is 0 Å². The Labute approximate surface area is 84.6 Å². The highest BCUT2D eigenvalue weighted by atomic mass is 32.1. The predicted octanol–water partition coefficient (Wildman–Crippen LogP) is 2.64. The first-order valence-electron chi connectivity index (χ1n) is 4.10. The minimum absolute atomic E-state index is 0.0641. The summed E-state index contributed by atoms with van der Waals surface area (Å²) in [6, 6.07) is 7.36. The van der Waals surface area contributed by atoms with Crippen LogP contribution in [0.3, 0.4) is 0 Å². The van der Waals surface area contributed by atoms with Crippen LogP contribution in [0.5, 0.6) is 0 Å². The third-order valence-corrected chi connectivity index (χ3v) is 2.64. The lowest BCUT2D eigenvalue weighted by Gasteiger charge is -1.90. The second kappa shape index (κ2) is 3.67. The fourth-order valence-corrected chi connectivity index (χ4v) is 1.86. The number of carbonyl (C=O) groups is 1. The molecule has 72 valence electrons. The van der Waals surface area contributed by atoms with Gasteiger partial charge in [-0.05, 0) is 23.6 Å². The Bertz CT molecular complexity index is 428. The Morgan fingerprint density at radius 2 is 2.29 bits per heavy atom. The van der Waals surface area contributed by atoms with Gasteiger partial charge in [-0.15, -0.1) is 11.3 Å². The first kappa shape index (κ1) is 9.02. The maximum Gasteiger partial charge on any atom is 0.311 e. The van der Waals surface area contributed by atoms with Crippen LogP contribution in [0.25, 0.3) is 10.6 Å². The molecule has 0 spiro atoms. The molecule has 0 saturated carbocycles. The van der Waals surface area contributed by atoms with E-state index in [-0.39, 0.29) is 6.42 Å². The van der Waals surface area contributed by atoms with E-state index in [9.17, 15) is 4.79 Å². The first-order chi connectivity index (χ1) is 6.75. The van der Waals surface area contributed by atoms with Gasteiger partial charge >= 0.3 is 5.97 Å². The molecule has 0 saturated heterocycles. The van der Waals surface area contributed by atoms with Crippen LogP contribution in [0.1, 0.15) is 5.76 Å². The predicted molar refractivity (Wildman–Crippen MR) is 53.4 cm³/mol. The molecule has 2 rings (SSSR count). The zero-order valence-corrected chi connectivity index (χ0v) is 8.08. The molecule has 2 aromatic heterocycles. The molecule has 0 aliphatic carbocycles. The van der Waals surface area contributed by atoms with Crippen molar-refractivity contribution in [2.75, 3.05) is 0 Å². The fourth-order valence-electron chi connectivity index (χ4n) is 1.17. The van der Waals surface area contributed by atoms with Crippen LogP contribution in [-0.2, 0) is 11.2 Å². The van der Waals surface area contributed by atoms with Crippen LogP contribution < -0.4 is 0 Å². The number of carboxylic acids is 1. The summed E-state index contributed by atoms with van der Waals surface area (Å²) >= 11 is 1.57. The van der Waals surface area contributed by atoms with Crippen LogP contribution in [0.4, 0.5) is 0 Å². The molecule has 0 fully saturated rings. The van der Waals surface area contributed by atoms with Gasteiger partial charge in [-0.3, -0.25) is 4.79 Å². The van der Waals surface area contributed by atoms with Gasteiger partial charge in [-0.2, -0.15) is 0 Å². The average molecular weight is 208 g/mol. The Hall–Kier alpha value is -1.55. The van der Waals surface area contributed by atoms with Gasteiger partial charge in [0.25, 0.3) is 0 Å². The van der Waals surface area contributed by atoms with E-state index in [1.54, 1.807) is 23.5 Å². The van der Waals surface area contributed by atoms with Gasteiger partial charge in [0.1, 0.15) is 17.9 Å². The lowest BCUT2D eigenvalue weighted by Crippen LogP contribution is -1.97. The second-order valence-corrected chi connectivity index (χ2v) is 3.76. The van der Waals surface area contributed by atoms with Gasteiger partial charge in [0.15, 0.2) is 0 Å². The number of aliphatic carboxylic acids is 1. The number of carboxylic acid groups (broad SMARTS) is 1. The molecule has 0 aromatic carbocycles. The molecule has 0 unspecified atom stereocenters. The van der Waals surface area contributed by atoms with Crippen LogP contribution in [-0.4, -0.2) is 11.1 Å². The van der Waals surface area contributed by atoms with Crippen molar-refractivity contribution in [3.05, 3.63) is 35.4 Å². The number of thiophene rings is 1. The van der Waals surface area contributed by atoms with Crippen molar-refractivity contribution in [2.45, 2.75) is 6.42 Å². The quantitative estimate of drug-likeness (QED) is 0.843. The third kappa shape index (κ3) is 1.85. The summed E-state index contributed by atoms with van der Waals surface area (Å²) in [5.41, 5.74) is 0. The molecule has 0 bridgehead atoms. The molecule has 4 heteroatoms. The Balaban J connectivity index is 2.22. The summed E-state index contributed by atoms with van der Waals surface area (Å²) in [6.45, 7) is 0. The van der Waals surface area contributed by atoms with Gasteiger partial charge in [0.2, 0.25) is 0 Å². The van der Waals surface area contributed by atoms with E-state index in [1.807, 2.05) is 17.5 Å². The maximum absolute atomic E-state index is 10.4. The topological polar surface area (TPSA) is 50.4 Å². The molecule has 0 atom stereocenters. The minimum atomic E-state index is -0.878. The maximum atomic E-state index is 10.4. The SMILES string of the molecule is O=C(O)Cc1ccc(-c2cccs2)o1. The minimum Gasteiger partial charge on any atom is -0.481 e. The number of hydrogen-bond acceptors (Lipinski definition) is 3. The summed E-state index contributed by atoms with van der Waals surface area (Å²) in [7, 11) is 0. The highest BCUT2D eigenvalue weighted by Crippen LogP contribution is 2.26. The van der Waals surface area contributed by atoms with E-state index in [0.717, 1.165) is 10.6 Å². The largest absolute Gasteiger partial charge is 0.481 e. The van der Waals surface area contributed by atoms with Crippen molar-refractivity contribution >= 4 is 17.3 Å². The van der Waals surface area contributed by atoms with E-state index >= 15 is 0 Å². The molecule has 3 nitrogen and oxygen atoms in total. The van der Waals surface area contributed by atoms with Crippen molar-refractivity contribution in [3.63, 3.8) is 0 Å². The van der Waals surface area contributed by atoms with Crippen LogP contribution in [0, 0.1) is 0 Å².